The number of nitrogens with one attached hydrogen (secondary N) is 2. The van der Waals surface area contributed by atoms with Gasteiger partial charge < -0.3 is 20.0 Å². The lowest BCUT2D eigenvalue weighted by molar-refractivity contribution is -0.118. The summed E-state index contributed by atoms with van der Waals surface area (Å²) >= 11 is 0. The number of hydrogen-bond donors (Lipinski definition) is 3. The summed E-state index contributed by atoms with van der Waals surface area (Å²) in [6.07, 6.45) is 0.457. The molecule has 3 aromatic carbocycles. The van der Waals surface area contributed by atoms with Gasteiger partial charge in [-0.15, -0.1) is 0 Å². The summed E-state index contributed by atoms with van der Waals surface area (Å²) in [6.45, 7) is 1.82. The molecule has 182 valence electrons. The summed E-state index contributed by atoms with van der Waals surface area (Å²) in [5.74, 6) is -1.71. The number of pyridine rings is 1. The highest BCUT2D eigenvalue weighted by molar-refractivity contribution is 5.88. The molecular weight excluding hydrogens is 457 g/mol. The molecule has 3 N–H and O–H groups in total. The van der Waals surface area contributed by atoms with Gasteiger partial charge in [-0.3, -0.25) is 9.59 Å². The summed E-state index contributed by atoms with van der Waals surface area (Å²) in [5, 5.41) is 15.7. The van der Waals surface area contributed by atoms with Crippen molar-refractivity contribution in [3.05, 3.63) is 111 Å². The third-order valence-electron chi connectivity index (χ3n) is 6.70. The zero-order valence-corrected chi connectivity index (χ0v) is 20.0. The average Bonchev–Trinajstić information content (AvgIpc) is 3.24. The van der Waals surface area contributed by atoms with E-state index in [-0.39, 0.29) is 22.8 Å². The van der Waals surface area contributed by atoms with Gasteiger partial charge in [0, 0.05) is 48.1 Å². The predicted octanol–water partition coefficient (Wildman–Crippen LogP) is 4.72. The van der Waals surface area contributed by atoms with Gasteiger partial charge >= 0.3 is 0 Å². The Morgan fingerprint density at radius 2 is 1.69 bits per heavy atom. The maximum Gasteiger partial charge on any atom is 0.258 e. The number of nitrogens with zero attached hydrogens (tertiary/aromatic N) is 1. The molecule has 2 aromatic heterocycles. The van der Waals surface area contributed by atoms with E-state index in [0.717, 1.165) is 16.5 Å². The van der Waals surface area contributed by atoms with E-state index in [1.54, 1.807) is 49.5 Å². The van der Waals surface area contributed by atoms with E-state index in [1.807, 2.05) is 24.3 Å². The van der Waals surface area contributed by atoms with E-state index in [0.29, 0.717) is 29.6 Å². The lowest BCUT2D eigenvalue weighted by Gasteiger charge is -2.22. The second kappa shape index (κ2) is 9.34. The van der Waals surface area contributed by atoms with Crippen molar-refractivity contribution in [2.45, 2.75) is 19.3 Å². The third-order valence-corrected chi connectivity index (χ3v) is 6.70. The Morgan fingerprint density at radius 3 is 2.44 bits per heavy atom. The van der Waals surface area contributed by atoms with Gasteiger partial charge in [-0.05, 0) is 36.2 Å². The first-order chi connectivity index (χ1) is 17.4. The molecule has 0 radical (unpaired) electrons. The Labute approximate surface area is 207 Å². The number of aromatic hydroxyl groups is 1. The van der Waals surface area contributed by atoms with Crippen LogP contribution in [0.5, 0.6) is 5.75 Å². The van der Waals surface area contributed by atoms with Crippen molar-refractivity contribution in [1.82, 2.24) is 14.9 Å². The Balaban J connectivity index is 1.85. The third kappa shape index (κ3) is 3.92. The predicted molar refractivity (Wildman–Crippen MR) is 139 cm³/mol. The van der Waals surface area contributed by atoms with Gasteiger partial charge in [-0.25, -0.2) is 4.39 Å². The number of H-pyrrole nitrogens is 1. The van der Waals surface area contributed by atoms with Crippen LogP contribution in [0.2, 0.25) is 0 Å². The standard InChI is InChI=1S/C29H26FN3O3/c1-17(34)31-16-15-19-18-9-4-7-13-23(18)32-27(19)25(20-10-3-6-12-22(20)30)26-28(35)21-11-5-8-14-24(21)33(2)29(26)36/h3-14,25,32,35H,15-16H2,1-2H3,(H,31,34). The maximum absolute atomic E-state index is 15.4. The van der Waals surface area contributed by atoms with Crippen LogP contribution in [-0.4, -0.2) is 27.1 Å². The van der Waals surface area contributed by atoms with Crippen LogP contribution in [0.3, 0.4) is 0 Å². The van der Waals surface area contributed by atoms with Crippen molar-refractivity contribution in [3.8, 4) is 5.75 Å². The minimum atomic E-state index is -0.908. The molecule has 5 aromatic rings. The molecule has 2 heterocycles. The highest BCUT2D eigenvalue weighted by Gasteiger charge is 2.31. The number of benzene rings is 3. The molecule has 5 rings (SSSR count). The lowest BCUT2D eigenvalue weighted by atomic mass is 9.84. The molecule has 0 aliphatic carbocycles. The number of para-hydroxylation sites is 2. The molecule has 36 heavy (non-hydrogen) atoms. The molecule has 7 heteroatoms. The van der Waals surface area contributed by atoms with E-state index >= 15 is 4.39 Å². The number of halogens is 1. The van der Waals surface area contributed by atoms with Crippen molar-refractivity contribution in [1.29, 1.82) is 0 Å². The number of hydrogen-bond acceptors (Lipinski definition) is 3. The van der Waals surface area contributed by atoms with Gasteiger partial charge in [0.05, 0.1) is 17.0 Å². The first-order valence-corrected chi connectivity index (χ1v) is 11.8. The number of aryl methyl sites for hydroxylation is 1. The number of rotatable bonds is 6. The molecule has 0 aliphatic heterocycles. The van der Waals surface area contributed by atoms with Crippen LogP contribution in [0.25, 0.3) is 21.8 Å². The van der Waals surface area contributed by atoms with Crippen LogP contribution in [0.4, 0.5) is 4.39 Å². The maximum atomic E-state index is 15.4. The van der Waals surface area contributed by atoms with Gasteiger partial charge in [-0.2, -0.15) is 0 Å². The smallest absolute Gasteiger partial charge is 0.258 e. The van der Waals surface area contributed by atoms with Crippen LogP contribution in [0.1, 0.15) is 35.2 Å². The van der Waals surface area contributed by atoms with Crippen LogP contribution in [-0.2, 0) is 18.3 Å². The summed E-state index contributed by atoms with van der Waals surface area (Å²) in [4.78, 5) is 28.7. The average molecular weight is 484 g/mol. The molecule has 6 nitrogen and oxygen atoms in total. The van der Waals surface area contributed by atoms with Crippen LogP contribution in [0, 0.1) is 5.82 Å². The molecule has 0 aliphatic rings. The highest BCUT2D eigenvalue weighted by Crippen LogP contribution is 2.41. The lowest BCUT2D eigenvalue weighted by Crippen LogP contribution is -2.26. The summed E-state index contributed by atoms with van der Waals surface area (Å²) < 4.78 is 16.9. The summed E-state index contributed by atoms with van der Waals surface area (Å²) in [7, 11) is 1.65. The highest BCUT2D eigenvalue weighted by atomic mass is 19.1. The second-order valence-electron chi connectivity index (χ2n) is 8.89. The van der Waals surface area contributed by atoms with Gasteiger partial charge in [0.1, 0.15) is 11.6 Å². The fourth-order valence-electron chi connectivity index (χ4n) is 5.03. The molecule has 0 saturated carbocycles. The SMILES string of the molecule is CC(=O)NCCc1c(C(c2ccccc2F)c2c(O)c3ccccc3n(C)c2=O)[nH]c2ccccc12. The number of fused-ring (bicyclic) bond motifs is 2. The van der Waals surface area contributed by atoms with Crippen molar-refractivity contribution in [2.24, 2.45) is 7.05 Å². The van der Waals surface area contributed by atoms with Gasteiger partial charge in [0.2, 0.25) is 5.91 Å². The molecule has 0 spiro atoms. The number of amides is 1. The molecule has 0 fully saturated rings. The minimum absolute atomic E-state index is 0.0913. The van der Waals surface area contributed by atoms with Crippen molar-refractivity contribution in [3.63, 3.8) is 0 Å². The number of carbonyl (C=O) groups is 1. The van der Waals surface area contributed by atoms with Gasteiger partial charge in [-0.1, -0.05) is 48.5 Å². The number of aromatic nitrogens is 2. The Hall–Kier alpha value is -4.39. The fourth-order valence-corrected chi connectivity index (χ4v) is 5.03. The zero-order chi connectivity index (χ0) is 25.4. The van der Waals surface area contributed by atoms with Crippen molar-refractivity contribution >= 4 is 27.7 Å². The van der Waals surface area contributed by atoms with Gasteiger partial charge in [0.25, 0.3) is 5.56 Å². The van der Waals surface area contributed by atoms with E-state index < -0.39 is 17.3 Å². The molecule has 1 amide bonds. The van der Waals surface area contributed by atoms with E-state index in [4.69, 9.17) is 0 Å². The number of carbonyl (C=O) groups excluding carboxylic acids is 1. The molecule has 0 bridgehead atoms. The van der Waals surface area contributed by atoms with Gasteiger partial charge in [0.15, 0.2) is 0 Å². The Bertz CT molecular complexity index is 1670. The second-order valence-corrected chi connectivity index (χ2v) is 8.89. The molecular formula is C29H26FN3O3. The topological polar surface area (TPSA) is 87.1 Å². The monoisotopic (exact) mass is 483 g/mol. The molecule has 0 saturated heterocycles. The molecule has 1 atom stereocenters. The van der Waals surface area contributed by atoms with E-state index in [9.17, 15) is 14.7 Å². The van der Waals surface area contributed by atoms with Crippen LogP contribution >= 0.6 is 0 Å². The first-order valence-electron chi connectivity index (χ1n) is 11.8. The van der Waals surface area contributed by atoms with E-state index in [2.05, 4.69) is 10.3 Å². The van der Waals surface area contributed by atoms with Crippen molar-refractivity contribution < 1.29 is 14.3 Å². The quantitative estimate of drug-likeness (QED) is 0.327. The van der Waals surface area contributed by atoms with Crippen LogP contribution in [0.15, 0.2) is 77.6 Å². The molecule has 1 unspecified atom stereocenters. The normalized spacial score (nSPS) is 12.2. The van der Waals surface area contributed by atoms with Crippen molar-refractivity contribution in [2.75, 3.05) is 6.54 Å². The zero-order valence-electron chi connectivity index (χ0n) is 20.0. The minimum Gasteiger partial charge on any atom is -0.507 e. The first kappa shape index (κ1) is 23.4. The fraction of sp³-hybridized carbons (Fsp3) is 0.172. The summed E-state index contributed by atoms with van der Waals surface area (Å²) in [5.41, 5.74) is 2.81. The Morgan fingerprint density at radius 1 is 1.03 bits per heavy atom. The number of aromatic amines is 1. The largest absolute Gasteiger partial charge is 0.507 e. The Kier molecular flexibility index (Phi) is 6.06. The summed E-state index contributed by atoms with van der Waals surface area (Å²) in [6, 6.07) is 21.1. The van der Waals surface area contributed by atoms with E-state index in [1.165, 1.54) is 17.6 Å². The van der Waals surface area contributed by atoms with Crippen LogP contribution < -0.4 is 10.9 Å².